The number of hydrogen-bond acceptors (Lipinski definition) is 6. The minimum absolute atomic E-state index is 0.0756. The van der Waals surface area contributed by atoms with Gasteiger partial charge in [-0.05, 0) is 25.5 Å². The second-order valence-corrected chi connectivity index (χ2v) is 9.00. The van der Waals surface area contributed by atoms with Crippen LogP contribution in [0, 0.1) is 16.0 Å². The number of nitrogens with zero attached hydrogens (tertiary/aromatic N) is 3. The number of piperazine rings is 1. The van der Waals surface area contributed by atoms with E-state index in [2.05, 4.69) is 35.4 Å². The number of rotatable bonds is 8. The fourth-order valence-electron chi connectivity index (χ4n) is 3.15. The zero-order valence-electron chi connectivity index (χ0n) is 15.6. The van der Waals surface area contributed by atoms with Gasteiger partial charge in [-0.25, -0.2) is 13.1 Å². The van der Waals surface area contributed by atoms with Crippen LogP contribution < -0.4 is 4.72 Å². The Balaban J connectivity index is 2.08. The van der Waals surface area contributed by atoms with Crippen molar-refractivity contribution in [1.29, 1.82) is 0 Å². The Morgan fingerprint density at radius 1 is 1.23 bits per heavy atom. The highest BCUT2D eigenvalue weighted by atomic mass is 32.2. The maximum absolute atomic E-state index is 12.6. The van der Waals surface area contributed by atoms with E-state index in [9.17, 15) is 18.5 Å². The number of sulfonamides is 1. The first-order chi connectivity index (χ1) is 12.2. The average molecular weight is 385 g/mol. The first-order valence-electron chi connectivity index (χ1n) is 8.86. The van der Waals surface area contributed by atoms with Crippen LogP contribution in [0.25, 0.3) is 0 Å². The summed E-state index contributed by atoms with van der Waals surface area (Å²) in [5.41, 5.74) is -0.231. The summed E-state index contributed by atoms with van der Waals surface area (Å²) in [6.07, 6.45) is 0.890. The number of benzene rings is 1. The Morgan fingerprint density at radius 3 is 2.46 bits per heavy atom. The van der Waals surface area contributed by atoms with Crippen molar-refractivity contribution in [3.8, 4) is 0 Å². The molecule has 1 atom stereocenters. The molecule has 0 aliphatic carbocycles. The topological polar surface area (TPSA) is 95.8 Å². The fraction of sp³-hybridized carbons (Fsp3) is 0.647. The lowest BCUT2D eigenvalue weighted by Gasteiger charge is -2.38. The van der Waals surface area contributed by atoms with Crippen molar-refractivity contribution in [3.05, 3.63) is 34.4 Å². The van der Waals surface area contributed by atoms with E-state index in [0.29, 0.717) is 12.5 Å². The van der Waals surface area contributed by atoms with Crippen LogP contribution in [-0.4, -0.2) is 69.0 Å². The summed E-state index contributed by atoms with van der Waals surface area (Å²) < 4.78 is 27.8. The van der Waals surface area contributed by atoms with Crippen molar-refractivity contribution in [2.24, 2.45) is 5.92 Å². The monoisotopic (exact) mass is 384 g/mol. The summed E-state index contributed by atoms with van der Waals surface area (Å²) in [5, 5.41) is 10.9. The first-order valence-corrected chi connectivity index (χ1v) is 10.3. The Labute approximate surface area is 155 Å². The summed E-state index contributed by atoms with van der Waals surface area (Å²) in [6.45, 7) is 8.29. The van der Waals surface area contributed by atoms with Crippen molar-refractivity contribution in [1.82, 2.24) is 14.5 Å². The number of hydrogen-bond donors (Lipinski definition) is 1. The Kier molecular flexibility index (Phi) is 7.10. The third kappa shape index (κ3) is 5.73. The maximum Gasteiger partial charge on any atom is 0.270 e. The van der Waals surface area contributed by atoms with Crippen molar-refractivity contribution >= 4 is 15.7 Å². The molecule has 1 aliphatic rings. The highest BCUT2D eigenvalue weighted by Gasteiger charge is 2.25. The summed E-state index contributed by atoms with van der Waals surface area (Å²) in [4.78, 5) is 14.8. The van der Waals surface area contributed by atoms with Gasteiger partial charge in [0.05, 0.1) is 9.82 Å². The van der Waals surface area contributed by atoms with Gasteiger partial charge in [0.25, 0.3) is 5.69 Å². The predicted octanol–water partition coefficient (Wildman–Crippen LogP) is 1.54. The molecule has 0 aromatic heterocycles. The van der Waals surface area contributed by atoms with Crippen LogP contribution in [0.2, 0.25) is 0 Å². The van der Waals surface area contributed by atoms with Crippen molar-refractivity contribution in [2.75, 3.05) is 39.8 Å². The van der Waals surface area contributed by atoms with E-state index in [0.717, 1.165) is 38.7 Å². The first kappa shape index (κ1) is 20.8. The molecule has 1 saturated heterocycles. The minimum Gasteiger partial charge on any atom is -0.304 e. The molecular formula is C17H28N4O4S. The van der Waals surface area contributed by atoms with E-state index in [1.807, 2.05) is 0 Å². The molecule has 0 spiro atoms. The molecule has 146 valence electrons. The van der Waals surface area contributed by atoms with Crippen molar-refractivity contribution in [3.63, 3.8) is 0 Å². The molecule has 1 N–H and O–H groups in total. The lowest BCUT2D eigenvalue weighted by atomic mass is 10.0. The van der Waals surface area contributed by atoms with Gasteiger partial charge in [0.15, 0.2) is 0 Å². The summed E-state index contributed by atoms with van der Waals surface area (Å²) >= 11 is 0. The normalized spacial score (nSPS) is 18.2. The lowest BCUT2D eigenvalue weighted by Crippen LogP contribution is -2.52. The van der Waals surface area contributed by atoms with Crippen LogP contribution >= 0.6 is 0 Å². The molecule has 8 nitrogen and oxygen atoms in total. The minimum atomic E-state index is -3.79. The van der Waals surface area contributed by atoms with Gasteiger partial charge in [-0.2, -0.15) is 0 Å². The number of nitrogens with one attached hydrogen (secondary N) is 1. The Bertz CT molecular complexity index is 715. The molecule has 1 unspecified atom stereocenters. The highest BCUT2D eigenvalue weighted by molar-refractivity contribution is 7.89. The van der Waals surface area contributed by atoms with E-state index >= 15 is 0 Å². The van der Waals surface area contributed by atoms with Crippen molar-refractivity contribution in [2.45, 2.75) is 31.2 Å². The smallest absolute Gasteiger partial charge is 0.270 e. The quantitative estimate of drug-likeness (QED) is 0.539. The van der Waals surface area contributed by atoms with Crippen molar-refractivity contribution < 1.29 is 13.3 Å². The molecule has 2 rings (SSSR count). The summed E-state index contributed by atoms with van der Waals surface area (Å²) in [6, 6.07) is 5.25. The Hall–Kier alpha value is -1.55. The second kappa shape index (κ2) is 8.90. The molecule has 9 heteroatoms. The van der Waals surface area contributed by atoms with Gasteiger partial charge in [-0.1, -0.05) is 19.9 Å². The van der Waals surface area contributed by atoms with Crippen LogP contribution in [0.3, 0.4) is 0 Å². The van der Waals surface area contributed by atoms with Gasteiger partial charge < -0.3 is 4.90 Å². The molecule has 26 heavy (non-hydrogen) atoms. The van der Waals surface area contributed by atoms with E-state index in [-0.39, 0.29) is 16.6 Å². The predicted molar refractivity (Wildman–Crippen MR) is 101 cm³/mol. The number of nitro benzene ring substituents is 1. The number of likely N-dealkylation sites (N-methyl/N-ethyl adjacent to an activating group) is 1. The van der Waals surface area contributed by atoms with Crippen LogP contribution in [0.15, 0.2) is 29.2 Å². The van der Waals surface area contributed by atoms with Crippen LogP contribution in [0.1, 0.15) is 20.3 Å². The van der Waals surface area contributed by atoms with Gasteiger partial charge in [0.1, 0.15) is 0 Å². The average Bonchev–Trinajstić information content (AvgIpc) is 2.59. The van der Waals surface area contributed by atoms with Crippen LogP contribution in [-0.2, 0) is 10.0 Å². The zero-order valence-corrected chi connectivity index (χ0v) is 16.4. The summed E-state index contributed by atoms with van der Waals surface area (Å²) in [7, 11) is -1.70. The lowest BCUT2D eigenvalue weighted by molar-refractivity contribution is -0.385. The van der Waals surface area contributed by atoms with Gasteiger partial charge in [-0.3, -0.25) is 15.0 Å². The molecular weight excluding hydrogens is 356 g/mol. The van der Waals surface area contributed by atoms with E-state index in [1.54, 1.807) is 0 Å². The maximum atomic E-state index is 12.6. The molecule has 0 saturated carbocycles. The molecule has 0 bridgehead atoms. The highest BCUT2D eigenvalue weighted by Crippen LogP contribution is 2.18. The third-order valence-corrected chi connectivity index (χ3v) is 6.07. The number of non-ortho nitro benzene ring substituents is 1. The van der Waals surface area contributed by atoms with Gasteiger partial charge in [0, 0.05) is 50.9 Å². The van der Waals surface area contributed by atoms with Crippen LogP contribution in [0.5, 0.6) is 0 Å². The molecule has 1 fully saturated rings. The summed E-state index contributed by atoms with van der Waals surface area (Å²) in [5.74, 6) is 0.446. The van der Waals surface area contributed by atoms with Crippen LogP contribution in [0.4, 0.5) is 5.69 Å². The largest absolute Gasteiger partial charge is 0.304 e. The second-order valence-electron chi connectivity index (χ2n) is 7.23. The van der Waals surface area contributed by atoms with Gasteiger partial charge in [-0.15, -0.1) is 0 Å². The zero-order chi connectivity index (χ0) is 19.3. The van der Waals surface area contributed by atoms with E-state index in [4.69, 9.17) is 0 Å². The molecule has 1 heterocycles. The molecule has 1 aromatic rings. The molecule has 0 amide bonds. The fourth-order valence-corrected chi connectivity index (χ4v) is 4.26. The third-order valence-electron chi connectivity index (χ3n) is 4.65. The molecule has 0 radical (unpaired) electrons. The van der Waals surface area contributed by atoms with Gasteiger partial charge in [0.2, 0.25) is 10.0 Å². The van der Waals surface area contributed by atoms with Gasteiger partial charge >= 0.3 is 0 Å². The van der Waals surface area contributed by atoms with E-state index < -0.39 is 14.9 Å². The molecule has 1 aliphatic heterocycles. The molecule has 1 aromatic carbocycles. The van der Waals surface area contributed by atoms with E-state index in [1.165, 1.54) is 18.2 Å². The SMILES string of the molecule is CC(C)CC(CNS(=O)(=O)c1cccc([N+](=O)[O-])c1)N1CCN(C)CC1. The number of nitro groups is 1. The Morgan fingerprint density at radius 2 is 1.88 bits per heavy atom. The standard InChI is InChI=1S/C17H28N4O4S/c1-14(2)11-16(20-9-7-19(3)8-10-20)13-18-26(24,25)17-6-4-5-15(12-17)21(22)23/h4-6,12,14,16,18H,7-11,13H2,1-3H3.